The van der Waals surface area contributed by atoms with E-state index in [1.807, 2.05) is 29.2 Å². The van der Waals surface area contributed by atoms with Crippen LogP contribution in [0.25, 0.3) is 17.4 Å². The van der Waals surface area contributed by atoms with Gasteiger partial charge in [-0.05, 0) is 98.9 Å². The second kappa shape index (κ2) is 13.1. The number of rotatable bonds is 9. The van der Waals surface area contributed by atoms with Gasteiger partial charge in [0, 0.05) is 44.4 Å². The Labute approximate surface area is 270 Å². The molecular formula is C33H42ClN3O4S2. The highest BCUT2D eigenvalue weighted by atomic mass is 35.5. The van der Waals surface area contributed by atoms with Crippen molar-refractivity contribution in [2.45, 2.75) is 51.0 Å². The first-order chi connectivity index (χ1) is 20.5. The van der Waals surface area contributed by atoms with Crippen LogP contribution in [0.2, 0.25) is 0 Å². The maximum absolute atomic E-state index is 14.0. The number of nitrogens with zero attached hydrogens (tertiary/aromatic N) is 2. The lowest BCUT2D eigenvalue weighted by Crippen LogP contribution is -2.57. The summed E-state index contributed by atoms with van der Waals surface area (Å²) < 4.78 is 18.3. The van der Waals surface area contributed by atoms with Crippen LogP contribution >= 0.6 is 36.4 Å². The average Bonchev–Trinajstić information content (AvgIpc) is 3.52. The summed E-state index contributed by atoms with van der Waals surface area (Å²) in [6.07, 6.45) is 10.3. The Morgan fingerprint density at radius 1 is 1.05 bits per heavy atom. The van der Waals surface area contributed by atoms with Crippen LogP contribution in [0.5, 0.6) is 11.5 Å². The normalized spacial score (nSPS) is 29.4. The lowest BCUT2D eigenvalue weighted by atomic mass is 9.54. The van der Waals surface area contributed by atoms with E-state index in [2.05, 4.69) is 16.3 Å². The number of amides is 1. The van der Waals surface area contributed by atoms with Crippen molar-refractivity contribution in [2.24, 2.45) is 23.7 Å². The Balaban J connectivity index is 0.00000329. The molecule has 6 fully saturated rings. The summed E-state index contributed by atoms with van der Waals surface area (Å²) in [5.74, 6) is 5.87. The molecule has 1 aromatic carbocycles. The molecule has 0 radical (unpaired) electrons. The molecule has 4 aliphatic carbocycles. The van der Waals surface area contributed by atoms with Gasteiger partial charge in [-0.1, -0.05) is 24.0 Å². The third-order valence-corrected chi connectivity index (χ3v) is 11.5. The number of benzene rings is 1. The molecule has 1 aromatic heterocycles. The van der Waals surface area contributed by atoms with E-state index in [1.54, 1.807) is 14.2 Å². The highest BCUT2D eigenvalue weighted by Gasteiger charge is 2.53. The summed E-state index contributed by atoms with van der Waals surface area (Å²) in [5, 5.41) is 3.43. The molecule has 232 valence electrons. The van der Waals surface area contributed by atoms with Crippen molar-refractivity contribution in [3.8, 4) is 22.8 Å². The first-order valence-electron chi connectivity index (χ1n) is 15.6. The average molecular weight is 644 g/mol. The van der Waals surface area contributed by atoms with Gasteiger partial charge in [-0.3, -0.25) is 9.69 Å². The van der Waals surface area contributed by atoms with Gasteiger partial charge in [-0.15, -0.1) is 12.4 Å². The number of thioether (sulfide) groups is 1. The van der Waals surface area contributed by atoms with Crippen LogP contribution in [0.15, 0.2) is 33.6 Å². The zero-order valence-electron chi connectivity index (χ0n) is 25.0. The van der Waals surface area contributed by atoms with Gasteiger partial charge in [0.25, 0.3) is 5.91 Å². The Morgan fingerprint density at radius 2 is 1.77 bits per heavy atom. The summed E-state index contributed by atoms with van der Waals surface area (Å²) in [5.41, 5.74) is 1.97. The standard InChI is InChI=1S/C33H41N3O4S2.ClH/c1-38-25-5-6-26(28(18-25)39-2)29-17-22(4-3-9-35-10-7-34-8-11-35)27(40-29)19-30-32(37)36(33(41)42-30)31-23-13-20-12-21(15-23)16-24(31)14-20;/h5-6,17-21,23-24,31,34H,3-4,7-16H2,1-2H3;1H/b30-19-;. The van der Waals surface area contributed by atoms with Gasteiger partial charge in [0.1, 0.15) is 27.3 Å². The first kappa shape index (κ1) is 31.0. The molecule has 2 aliphatic heterocycles. The van der Waals surface area contributed by atoms with Gasteiger partial charge < -0.3 is 24.1 Å². The van der Waals surface area contributed by atoms with E-state index in [-0.39, 0.29) is 24.4 Å². The Hall–Kier alpha value is -2.04. The van der Waals surface area contributed by atoms with E-state index in [0.29, 0.717) is 26.8 Å². The second-order valence-electron chi connectivity index (χ2n) is 12.7. The maximum atomic E-state index is 14.0. The number of ether oxygens (including phenoxy) is 2. The Bertz CT molecular complexity index is 1360. The van der Waals surface area contributed by atoms with Gasteiger partial charge in [0.05, 0.1) is 24.7 Å². The van der Waals surface area contributed by atoms with Crippen molar-refractivity contribution < 1.29 is 18.7 Å². The molecule has 1 N–H and O–H groups in total. The number of methoxy groups -OCH3 is 2. The van der Waals surface area contributed by atoms with Crippen LogP contribution in [-0.4, -0.2) is 73.0 Å². The van der Waals surface area contributed by atoms with Crippen molar-refractivity contribution >= 4 is 52.7 Å². The minimum atomic E-state index is 0. The zero-order valence-corrected chi connectivity index (χ0v) is 27.5. The van der Waals surface area contributed by atoms with E-state index < -0.39 is 0 Å². The molecule has 10 heteroatoms. The lowest BCUT2D eigenvalue weighted by Gasteiger charge is -2.56. The number of carbonyl (C=O) groups excluding carboxylic acids is 1. The van der Waals surface area contributed by atoms with Gasteiger partial charge in [-0.2, -0.15) is 0 Å². The van der Waals surface area contributed by atoms with Gasteiger partial charge in [0.2, 0.25) is 0 Å². The first-order valence-corrected chi connectivity index (χ1v) is 16.8. The number of nitrogens with one attached hydrogen (secondary N) is 1. The van der Waals surface area contributed by atoms with E-state index in [1.165, 1.54) is 43.9 Å². The summed E-state index contributed by atoms with van der Waals surface area (Å²) in [7, 11) is 3.31. The number of halogens is 1. The van der Waals surface area contributed by atoms with Gasteiger partial charge >= 0.3 is 0 Å². The number of thiocarbonyl (C=S) groups is 1. The number of aryl methyl sites for hydroxylation is 1. The summed E-state index contributed by atoms with van der Waals surface area (Å²) in [6, 6.07) is 8.14. The van der Waals surface area contributed by atoms with Crippen LogP contribution in [-0.2, 0) is 11.2 Å². The molecule has 6 aliphatic rings. The van der Waals surface area contributed by atoms with Crippen molar-refractivity contribution in [2.75, 3.05) is 46.9 Å². The summed E-state index contributed by atoms with van der Waals surface area (Å²) >= 11 is 7.33. The molecule has 4 bridgehead atoms. The molecule has 0 unspecified atom stereocenters. The largest absolute Gasteiger partial charge is 0.497 e. The minimum Gasteiger partial charge on any atom is -0.497 e. The highest BCUT2D eigenvalue weighted by Crippen LogP contribution is 2.56. The Morgan fingerprint density at radius 3 is 2.44 bits per heavy atom. The third kappa shape index (κ3) is 6.12. The highest BCUT2D eigenvalue weighted by molar-refractivity contribution is 8.26. The maximum Gasteiger partial charge on any atom is 0.266 e. The molecule has 2 aromatic rings. The second-order valence-corrected chi connectivity index (χ2v) is 14.4. The number of hydrogen-bond donors (Lipinski definition) is 1. The van der Waals surface area contributed by atoms with E-state index in [0.717, 1.165) is 85.8 Å². The van der Waals surface area contributed by atoms with Crippen molar-refractivity contribution in [3.63, 3.8) is 0 Å². The molecule has 43 heavy (non-hydrogen) atoms. The van der Waals surface area contributed by atoms with Gasteiger partial charge in [-0.25, -0.2) is 0 Å². The smallest absolute Gasteiger partial charge is 0.266 e. The molecule has 8 rings (SSSR count). The topological polar surface area (TPSA) is 67.2 Å². The monoisotopic (exact) mass is 643 g/mol. The number of carbonyl (C=O) groups is 1. The van der Waals surface area contributed by atoms with Crippen LogP contribution in [0.4, 0.5) is 0 Å². The van der Waals surface area contributed by atoms with Crippen LogP contribution in [0.1, 0.15) is 49.8 Å². The predicted molar refractivity (Wildman–Crippen MR) is 178 cm³/mol. The molecule has 4 saturated carbocycles. The van der Waals surface area contributed by atoms with Crippen molar-refractivity contribution in [1.82, 2.24) is 15.1 Å². The number of hydrogen-bond acceptors (Lipinski definition) is 8. The molecule has 7 nitrogen and oxygen atoms in total. The lowest BCUT2D eigenvalue weighted by molar-refractivity contribution is -0.130. The molecule has 3 heterocycles. The quantitative estimate of drug-likeness (QED) is 0.254. The van der Waals surface area contributed by atoms with E-state index in [4.69, 9.17) is 26.1 Å². The molecule has 0 spiro atoms. The SMILES string of the molecule is COc1ccc(-c2cc(CCCN3CCNCC3)c(/C=C3\SC(=S)N(C4C5CC6CC(C5)CC4C6)C3=O)o2)c(OC)c1.Cl. The summed E-state index contributed by atoms with van der Waals surface area (Å²) in [6.45, 7) is 5.30. The fraction of sp³-hybridized carbons (Fsp3) is 0.576. The van der Waals surface area contributed by atoms with E-state index >= 15 is 0 Å². The van der Waals surface area contributed by atoms with E-state index in [9.17, 15) is 4.79 Å². The van der Waals surface area contributed by atoms with Crippen LogP contribution in [0.3, 0.4) is 0 Å². The zero-order chi connectivity index (χ0) is 28.8. The number of furan rings is 1. The van der Waals surface area contributed by atoms with Gasteiger partial charge in [0.15, 0.2) is 0 Å². The molecule has 0 atom stereocenters. The van der Waals surface area contributed by atoms with Crippen LogP contribution < -0.4 is 14.8 Å². The predicted octanol–water partition coefficient (Wildman–Crippen LogP) is 6.25. The third-order valence-electron chi connectivity index (χ3n) is 10.2. The van der Waals surface area contributed by atoms with Crippen molar-refractivity contribution in [3.05, 3.63) is 40.5 Å². The minimum absolute atomic E-state index is 0. The fourth-order valence-corrected chi connectivity index (χ4v) is 9.81. The van der Waals surface area contributed by atoms with Crippen molar-refractivity contribution in [1.29, 1.82) is 0 Å². The fourth-order valence-electron chi connectivity index (χ4n) is 8.50. The van der Waals surface area contributed by atoms with Crippen LogP contribution in [0, 0.1) is 23.7 Å². The summed E-state index contributed by atoms with van der Waals surface area (Å²) in [4.78, 5) is 19.2. The molecular weight excluding hydrogens is 602 g/mol. The molecule has 2 saturated heterocycles. The number of piperazine rings is 1. The molecule has 1 amide bonds. The Kier molecular flexibility index (Phi) is 9.46.